The number of hydrogen-bond acceptors (Lipinski definition) is 6. The van der Waals surface area contributed by atoms with Crippen molar-refractivity contribution in [3.63, 3.8) is 0 Å². The van der Waals surface area contributed by atoms with E-state index in [-0.39, 0.29) is 17.7 Å². The molecule has 10 heteroatoms. The van der Waals surface area contributed by atoms with Crippen LogP contribution < -0.4 is 16.0 Å². The van der Waals surface area contributed by atoms with Crippen LogP contribution in [0.5, 0.6) is 0 Å². The van der Waals surface area contributed by atoms with E-state index in [0.29, 0.717) is 44.8 Å². The van der Waals surface area contributed by atoms with Gasteiger partial charge in [-0.25, -0.2) is 0 Å². The second-order valence-electron chi connectivity index (χ2n) is 12.8. The van der Waals surface area contributed by atoms with E-state index in [9.17, 15) is 14.4 Å². The highest BCUT2D eigenvalue weighted by Gasteiger charge is 2.37. The van der Waals surface area contributed by atoms with E-state index >= 15 is 0 Å². The van der Waals surface area contributed by atoms with Crippen molar-refractivity contribution in [1.29, 1.82) is 0 Å². The predicted octanol–water partition coefficient (Wildman–Crippen LogP) is 7.98. The minimum atomic E-state index is -2.69. The Morgan fingerprint density at radius 3 is 1.43 bits per heavy atom. The molecule has 0 aromatic rings. The lowest BCUT2D eigenvalue weighted by Crippen LogP contribution is -2.47. The number of rotatable bonds is 34. The lowest BCUT2D eigenvalue weighted by Gasteiger charge is -2.24. The average Bonchev–Trinajstić information content (AvgIpc) is 3.06. The van der Waals surface area contributed by atoms with Gasteiger partial charge in [-0.2, -0.15) is 0 Å². The Hall–Kier alpha value is -1.49. The van der Waals surface area contributed by atoms with E-state index in [1.54, 1.807) is 21.3 Å². The maximum absolute atomic E-state index is 13.1. The molecular formula is C36H73N3O6Si. The summed E-state index contributed by atoms with van der Waals surface area (Å²) < 4.78 is 16.4. The number of hydrogen-bond donors (Lipinski definition) is 3. The van der Waals surface area contributed by atoms with Gasteiger partial charge in [0.1, 0.15) is 6.04 Å². The van der Waals surface area contributed by atoms with E-state index in [1.807, 2.05) is 0 Å². The lowest BCUT2D eigenvalue weighted by atomic mass is 10.1. The second-order valence-corrected chi connectivity index (χ2v) is 15.9. The first-order valence-corrected chi connectivity index (χ1v) is 20.8. The zero-order valence-corrected chi connectivity index (χ0v) is 31.6. The van der Waals surface area contributed by atoms with Crippen LogP contribution in [-0.2, 0) is 27.7 Å². The molecule has 0 saturated heterocycles. The monoisotopic (exact) mass is 672 g/mol. The molecule has 0 aliphatic heterocycles. The van der Waals surface area contributed by atoms with Gasteiger partial charge < -0.3 is 29.2 Å². The molecule has 0 aromatic carbocycles. The molecule has 0 saturated carbocycles. The third kappa shape index (κ3) is 25.6. The first-order chi connectivity index (χ1) is 22.4. The van der Waals surface area contributed by atoms with Gasteiger partial charge in [0.25, 0.3) is 0 Å². The molecule has 0 rings (SSSR count). The van der Waals surface area contributed by atoms with Crippen LogP contribution >= 0.6 is 0 Å². The third-order valence-electron chi connectivity index (χ3n) is 8.80. The van der Waals surface area contributed by atoms with Crippen LogP contribution in [0.4, 0.5) is 0 Å². The van der Waals surface area contributed by atoms with Gasteiger partial charge in [0.2, 0.25) is 17.7 Å². The van der Waals surface area contributed by atoms with Crippen LogP contribution in [0.3, 0.4) is 0 Å². The largest absolute Gasteiger partial charge is 0.500 e. The highest BCUT2D eigenvalue weighted by atomic mass is 28.4. The average molecular weight is 672 g/mol. The molecule has 0 aliphatic rings. The lowest BCUT2D eigenvalue weighted by molar-refractivity contribution is -0.129. The molecule has 0 bridgehead atoms. The van der Waals surface area contributed by atoms with Gasteiger partial charge in [0.05, 0.1) is 0 Å². The molecule has 0 fully saturated rings. The van der Waals surface area contributed by atoms with Gasteiger partial charge in [0.15, 0.2) is 0 Å². The summed E-state index contributed by atoms with van der Waals surface area (Å²) in [6.07, 6.45) is 25.6. The van der Waals surface area contributed by atoms with Crippen molar-refractivity contribution < 1.29 is 27.7 Å². The summed E-state index contributed by atoms with van der Waals surface area (Å²) in [7, 11) is 2.05. The molecule has 0 heterocycles. The van der Waals surface area contributed by atoms with Gasteiger partial charge >= 0.3 is 8.80 Å². The molecule has 0 unspecified atom stereocenters. The van der Waals surface area contributed by atoms with E-state index in [1.165, 1.54) is 83.5 Å². The van der Waals surface area contributed by atoms with Crippen LogP contribution in [0.2, 0.25) is 6.04 Å². The van der Waals surface area contributed by atoms with Gasteiger partial charge in [-0.3, -0.25) is 14.4 Å². The maximum atomic E-state index is 13.1. The van der Waals surface area contributed by atoms with Crippen molar-refractivity contribution in [3.8, 4) is 0 Å². The quantitative estimate of drug-likeness (QED) is 0.0472. The Labute approximate surface area is 284 Å². The van der Waals surface area contributed by atoms with Gasteiger partial charge in [0, 0.05) is 53.3 Å². The molecule has 0 radical (unpaired) electrons. The smallest absolute Gasteiger partial charge is 0.377 e. The number of carbonyl (C=O) groups is 3. The van der Waals surface area contributed by atoms with Gasteiger partial charge in [-0.1, -0.05) is 117 Å². The SMILES string of the molecule is CCCCCCCCCCCC(=O)NCCCC[C@H](NC(=O)CCCCCCCCCCC)C(=O)NCCC[Si](OC)(OC)OC. The number of carbonyl (C=O) groups excluding carboxylic acids is 3. The Morgan fingerprint density at radius 2 is 0.957 bits per heavy atom. The highest BCUT2D eigenvalue weighted by Crippen LogP contribution is 2.15. The summed E-state index contributed by atoms with van der Waals surface area (Å²) in [4.78, 5) is 38.1. The van der Waals surface area contributed by atoms with E-state index < -0.39 is 14.8 Å². The maximum Gasteiger partial charge on any atom is 0.500 e. The first-order valence-electron chi connectivity index (χ1n) is 18.9. The Morgan fingerprint density at radius 1 is 0.522 bits per heavy atom. The first kappa shape index (κ1) is 44.5. The predicted molar refractivity (Wildman–Crippen MR) is 192 cm³/mol. The summed E-state index contributed by atoms with van der Waals surface area (Å²) >= 11 is 0. The summed E-state index contributed by atoms with van der Waals surface area (Å²) in [5.41, 5.74) is 0. The molecule has 0 spiro atoms. The summed E-state index contributed by atoms with van der Waals surface area (Å²) in [5.74, 6) is -0.134. The molecule has 3 N–H and O–H groups in total. The Bertz CT molecular complexity index is 730. The topological polar surface area (TPSA) is 115 Å². The minimum absolute atomic E-state index is 0.0677. The van der Waals surface area contributed by atoms with Crippen LogP contribution in [-0.4, -0.2) is 67.0 Å². The van der Waals surface area contributed by atoms with Crippen molar-refractivity contribution in [2.45, 2.75) is 180 Å². The van der Waals surface area contributed by atoms with E-state index in [4.69, 9.17) is 13.3 Å². The fourth-order valence-corrected chi connectivity index (χ4v) is 7.44. The fraction of sp³-hybridized carbons (Fsp3) is 0.917. The summed E-state index contributed by atoms with van der Waals surface area (Å²) in [6, 6.07) is 0.00328. The molecule has 0 aliphatic carbocycles. The van der Waals surface area contributed by atoms with Crippen molar-refractivity contribution in [1.82, 2.24) is 16.0 Å². The molecule has 272 valence electrons. The third-order valence-corrected chi connectivity index (χ3v) is 11.6. The van der Waals surface area contributed by atoms with Crippen LogP contribution in [0.1, 0.15) is 168 Å². The van der Waals surface area contributed by atoms with Gasteiger partial charge in [-0.15, -0.1) is 0 Å². The zero-order chi connectivity index (χ0) is 34.1. The molecule has 3 amide bonds. The Balaban J connectivity index is 4.46. The van der Waals surface area contributed by atoms with Crippen LogP contribution in [0.25, 0.3) is 0 Å². The molecule has 9 nitrogen and oxygen atoms in total. The summed E-state index contributed by atoms with van der Waals surface area (Å²) in [6.45, 7) is 5.51. The fourth-order valence-electron chi connectivity index (χ4n) is 5.71. The van der Waals surface area contributed by atoms with E-state index in [2.05, 4.69) is 29.8 Å². The minimum Gasteiger partial charge on any atom is -0.377 e. The zero-order valence-electron chi connectivity index (χ0n) is 30.6. The molecule has 1 atom stereocenters. The second kappa shape index (κ2) is 32.1. The van der Waals surface area contributed by atoms with Crippen molar-refractivity contribution in [2.75, 3.05) is 34.4 Å². The van der Waals surface area contributed by atoms with Crippen molar-refractivity contribution in [2.24, 2.45) is 0 Å². The highest BCUT2D eigenvalue weighted by molar-refractivity contribution is 6.60. The van der Waals surface area contributed by atoms with Gasteiger partial charge in [-0.05, 0) is 38.5 Å². The number of unbranched alkanes of at least 4 members (excludes halogenated alkanes) is 17. The summed E-state index contributed by atoms with van der Waals surface area (Å²) in [5, 5.41) is 8.99. The number of nitrogens with one attached hydrogen (secondary N) is 3. The standard InChI is InChI=1S/C36H73N3O6Si/c1-6-8-10-12-14-16-18-20-22-28-34(40)37-30-25-24-27-33(36(42)38-31-26-32-46(43-3,44-4)45-5)39-35(41)29-23-21-19-17-15-13-11-9-7-2/h33H,6-32H2,1-5H3,(H,37,40)(H,38,42)(H,39,41)/t33-/m0/s1. The van der Waals surface area contributed by atoms with Crippen LogP contribution in [0, 0.1) is 0 Å². The van der Waals surface area contributed by atoms with Crippen LogP contribution in [0.15, 0.2) is 0 Å². The van der Waals surface area contributed by atoms with E-state index in [0.717, 1.165) is 44.9 Å². The normalized spacial score (nSPS) is 12.2. The number of amides is 3. The molecular weight excluding hydrogens is 598 g/mol. The van der Waals surface area contributed by atoms with Crippen molar-refractivity contribution in [3.05, 3.63) is 0 Å². The van der Waals surface area contributed by atoms with Crippen molar-refractivity contribution >= 4 is 26.5 Å². The molecule has 46 heavy (non-hydrogen) atoms. The molecule has 0 aromatic heterocycles. The Kier molecular flexibility index (Phi) is 31.0.